The number of ether oxygens (including phenoxy) is 3. The van der Waals surface area contributed by atoms with Crippen molar-refractivity contribution in [2.75, 3.05) is 26.6 Å². The summed E-state index contributed by atoms with van der Waals surface area (Å²) >= 11 is 0. The minimum absolute atomic E-state index is 0.0129. The summed E-state index contributed by atoms with van der Waals surface area (Å²) in [6.45, 7) is 4.17. The molecule has 0 saturated carbocycles. The van der Waals surface area contributed by atoms with E-state index in [1.165, 1.54) is 0 Å². The van der Waals surface area contributed by atoms with Crippen LogP contribution < -0.4 is 0 Å². The molecular weight excluding hydrogens is 148 g/mol. The first-order valence-corrected chi connectivity index (χ1v) is 3.62. The molecule has 0 N–H and O–H groups in total. The van der Waals surface area contributed by atoms with E-state index in [0.717, 1.165) is 13.0 Å². The van der Waals surface area contributed by atoms with Crippen molar-refractivity contribution >= 4 is 6.47 Å². The fourth-order valence-electron chi connectivity index (χ4n) is 0.499. The molecule has 0 aliphatic rings. The van der Waals surface area contributed by atoms with Crippen LogP contribution in [-0.4, -0.2) is 33.1 Å². The average molecular weight is 162 g/mol. The zero-order chi connectivity index (χ0) is 8.36. The number of carbonyl (C=O) groups is 1. The Morgan fingerprint density at radius 3 is 2.55 bits per heavy atom. The molecule has 0 spiro atoms. The van der Waals surface area contributed by atoms with Crippen LogP contribution in [-0.2, 0) is 19.0 Å². The highest BCUT2D eigenvalue weighted by molar-refractivity contribution is 5.36. The van der Waals surface area contributed by atoms with E-state index in [2.05, 4.69) is 4.74 Å². The van der Waals surface area contributed by atoms with E-state index in [1.807, 2.05) is 6.92 Å². The second-order valence-corrected chi connectivity index (χ2v) is 1.90. The highest BCUT2D eigenvalue weighted by atomic mass is 16.7. The molecule has 0 aliphatic carbocycles. The van der Waals surface area contributed by atoms with Crippen molar-refractivity contribution in [1.29, 1.82) is 0 Å². The molecule has 0 fully saturated rings. The smallest absolute Gasteiger partial charge is 0.295 e. The van der Waals surface area contributed by atoms with Gasteiger partial charge in [-0.2, -0.15) is 0 Å². The summed E-state index contributed by atoms with van der Waals surface area (Å²) in [5, 5.41) is 0. The number of rotatable bonds is 8. The minimum Gasteiger partial charge on any atom is -0.441 e. The van der Waals surface area contributed by atoms with Gasteiger partial charge in [-0.1, -0.05) is 6.92 Å². The molecule has 0 aromatic heterocycles. The second-order valence-electron chi connectivity index (χ2n) is 1.90. The number of hydrogen-bond donors (Lipinski definition) is 0. The molecule has 0 radical (unpaired) electrons. The lowest BCUT2D eigenvalue weighted by Crippen LogP contribution is -2.07. The molecule has 0 amide bonds. The molecule has 0 atom stereocenters. The molecule has 0 aromatic carbocycles. The molecule has 11 heavy (non-hydrogen) atoms. The Labute approximate surface area is 66.4 Å². The van der Waals surface area contributed by atoms with Crippen LogP contribution in [0.4, 0.5) is 0 Å². The minimum atomic E-state index is 0.0129. The summed E-state index contributed by atoms with van der Waals surface area (Å²) in [5.41, 5.74) is 0. The zero-order valence-corrected chi connectivity index (χ0v) is 6.75. The lowest BCUT2D eigenvalue weighted by Gasteiger charge is -2.02. The fourth-order valence-corrected chi connectivity index (χ4v) is 0.499. The predicted molar refractivity (Wildman–Crippen MR) is 39.1 cm³/mol. The highest BCUT2D eigenvalue weighted by Crippen LogP contribution is 1.81. The normalized spacial score (nSPS) is 9.55. The van der Waals surface area contributed by atoms with Gasteiger partial charge in [0.2, 0.25) is 0 Å². The van der Waals surface area contributed by atoms with Crippen molar-refractivity contribution in [1.82, 2.24) is 0 Å². The molecule has 0 unspecified atom stereocenters. The average Bonchev–Trinajstić information content (AvgIpc) is 2.03. The van der Waals surface area contributed by atoms with Gasteiger partial charge in [0.05, 0.1) is 13.2 Å². The van der Waals surface area contributed by atoms with Crippen LogP contribution in [0.25, 0.3) is 0 Å². The van der Waals surface area contributed by atoms with Crippen molar-refractivity contribution in [3.05, 3.63) is 0 Å². The van der Waals surface area contributed by atoms with Crippen LogP contribution in [0.2, 0.25) is 0 Å². The van der Waals surface area contributed by atoms with Crippen LogP contribution in [0.3, 0.4) is 0 Å². The molecule has 4 heteroatoms. The van der Waals surface area contributed by atoms with Crippen LogP contribution in [0.1, 0.15) is 13.3 Å². The van der Waals surface area contributed by atoms with Crippen molar-refractivity contribution in [3.8, 4) is 0 Å². The zero-order valence-electron chi connectivity index (χ0n) is 6.75. The summed E-state index contributed by atoms with van der Waals surface area (Å²) in [4.78, 5) is 9.61. The Bertz CT molecular complexity index is 84.5. The third-order valence-corrected chi connectivity index (χ3v) is 0.940. The third kappa shape index (κ3) is 9.39. The Kier molecular flexibility index (Phi) is 8.87. The van der Waals surface area contributed by atoms with Crippen molar-refractivity contribution in [3.63, 3.8) is 0 Å². The molecule has 0 aliphatic heterocycles. The summed E-state index contributed by atoms with van der Waals surface area (Å²) in [6, 6.07) is 0. The first kappa shape index (κ1) is 10.4. The maximum atomic E-state index is 9.61. The molecular formula is C7H14O4. The van der Waals surface area contributed by atoms with E-state index >= 15 is 0 Å². The van der Waals surface area contributed by atoms with E-state index in [0.29, 0.717) is 19.7 Å². The topological polar surface area (TPSA) is 44.8 Å². The molecule has 0 aromatic rings. The van der Waals surface area contributed by atoms with Gasteiger partial charge >= 0.3 is 0 Å². The SMILES string of the molecule is CCCOCCOCOC=O. The summed E-state index contributed by atoms with van der Waals surface area (Å²) in [5.74, 6) is 0. The maximum absolute atomic E-state index is 9.61. The van der Waals surface area contributed by atoms with Gasteiger partial charge in [0.25, 0.3) is 6.47 Å². The van der Waals surface area contributed by atoms with E-state index in [-0.39, 0.29) is 6.79 Å². The van der Waals surface area contributed by atoms with Crippen LogP contribution in [0.15, 0.2) is 0 Å². The molecule has 0 bridgehead atoms. The second kappa shape index (κ2) is 9.39. The van der Waals surface area contributed by atoms with Crippen LogP contribution >= 0.6 is 0 Å². The highest BCUT2D eigenvalue weighted by Gasteiger charge is 1.87. The van der Waals surface area contributed by atoms with Gasteiger partial charge in [-0.3, -0.25) is 4.79 Å². The number of hydrogen-bond acceptors (Lipinski definition) is 4. The van der Waals surface area contributed by atoms with E-state index in [1.54, 1.807) is 0 Å². The van der Waals surface area contributed by atoms with Gasteiger partial charge in [0.15, 0.2) is 6.79 Å². The first-order valence-electron chi connectivity index (χ1n) is 3.62. The van der Waals surface area contributed by atoms with Gasteiger partial charge in [0, 0.05) is 6.61 Å². The van der Waals surface area contributed by atoms with Crippen molar-refractivity contribution < 1.29 is 19.0 Å². The molecule has 0 saturated heterocycles. The lowest BCUT2D eigenvalue weighted by atomic mass is 10.5. The summed E-state index contributed by atoms with van der Waals surface area (Å²) < 4.78 is 14.2. The molecule has 0 rings (SSSR count). The van der Waals surface area contributed by atoms with E-state index in [9.17, 15) is 4.79 Å². The third-order valence-electron chi connectivity index (χ3n) is 0.940. The van der Waals surface area contributed by atoms with Gasteiger partial charge in [-0.05, 0) is 6.42 Å². The lowest BCUT2D eigenvalue weighted by molar-refractivity contribution is -0.141. The maximum Gasteiger partial charge on any atom is 0.295 e. The monoisotopic (exact) mass is 162 g/mol. The predicted octanol–water partition coefficient (Wildman–Crippen LogP) is 0.560. The van der Waals surface area contributed by atoms with Crippen LogP contribution in [0.5, 0.6) is 0 Å². The summed E-state index contributed by atoms with van der Waals surface area (Å²) in [7, 11) is 0. The molecule has 4 nitrogen and oxygen atoms in total. The molecule has 0 heterocycles. The fraction of sp³-hybridized carbons (Fsp3) is 0.857. The van der Waals surface area contributed by atoms with Crippen LogP contribution in [0, 0.1) is 0 Å². The molecule has 66 valence electrons. The Morgan fingerprint density at radius 2 is 1.91 bits per heavy atom. The van der Waals surface area contributed by atoms with Crippen molar-refractivity contribution in [2.24, 2.45) is 0 Å². The van der Waals surface area contributed by atoms with Gasteiger partial charge in [-0.25, -0.2) is 0 Å². The van der Waals surface area contributed by atoms with E-state index < -0.39 is 0 Å². The first-order chi connectivity index (χ1) is 5.41. The Hall–Kier alpha value is -0.610. The van der Waals surface area contributed by atoms with Gasteiger partial charge in [0.1, 0.15) is 0 Å². The Balaban J connectivity index is 2.74. The van der Waals surface area contributed by atoms with E-state index in [4.69, 9.17) is 9.47 Å². The number of carbonyl (C=O) groups excluding carboxylic acids is 1. The standard InChI is InChI=1S/C7H14O4/c1-2-3-9-4-5-10-7-11-6-8/h6H,2-5,7H2,1H3. The quantitative estimate of drug-likeness (QED) is 0.297. The van der Waals surface area contributed by atoms with Gasteiger partial charge < -0.3 is 14.2 Å². The summed E-state index contributed by atoms with van der Waals surface area (Å²) in [6.07, 6.45) is 1.00. The largest absolute Gasteiger partial charge is 0.441 e. The van der Waals surface area contributed by atoms with Crippen molar-refractivity contribution in [2.45, 2.75) is 13.3 Å². The Morgan fingerprint density at radius 1 is 1.18 bits per heavy atom. The van der Waals surface area contributed by atoms with Gasteiger partial charge in [-0.15, -0.1) is 0 Å².